The number of hydrogen-bond donors (Lipinski definition) is 1. The smallest absolute Gasteiger partial charge is 0.313 e. The van der Waals surface area contributed by atoms with Crippen molar-refractivity contribution in [2.75, 3.05) is 18.1 Å². The van der Waals surface area contributed by atoms with Crippen LogP contribution >= 0.6 is 0 Å². The van der Waals surface area contributed by atoms with Crippen LogP contribution in [0.25, 0.3) is 0 Å². The molecule has 0 aliphatic carbocycles. The normalized spacial score (nSPS) is 12.1. The Morgan fingerprint density at radius 1 is 1.30 bits per heavy atom. The van der Waals surface area contributed by atoms with Gasteiger partial charge in [0.1, 0.15) is 0 Å². The van der Waals surface area contributed by atoms with Gasteiger partial charge in [-0.1, -0.05) is 20.8 Å². The number of nitro benzene ring substituents is 1. The standard InChI is InChI=1S/C12H18N2O5S/c1-12(2,3)8-6-9(13-20(5,17)18)11(19-4)10(7-8)14(15)16/h6-7,13H,1-5H3. The highest BCUT2D eigenvalue weighted by molar-refractivity contribution is 7.92. The van der Waals surface area contributed by atoms with Crippen LogP contribution in [0.5, 0.6) is 5.75 Å². The van der Waals surface area contributed by atoms with Gasteiger partial charge in [0.15, 0.2) is 0 Å². The molecule has 1 N–H and O–H groups in total. The average molecular weight is 302 g/mol. The molecule has 1 aromatic carbocycles. The van der Waals surface area contributed by atoms with Crippen molar-refractivity contribution in [3.05, 3.63) is 27.8 Å². The van der Waals surface area contributed by atoms with Gasteiger partial charge in [0.05, 0.1) is 24.0 Å². The quantitative estimate of drug-likeness (QED) is 0.679. The van der Waals surface area contributed by atoms with Crippen LogP contribution in [0.3, 0.4) is 0 Å². The summed E-state index contributed by atoms with van der Waals surface area (Å²) in [5.41, 5.74) is 0.0571. The molecule has 1 rings (SSSR count). The van der Waals surface area contributed by atoms with Crippen LogP contribution in [0.2, 0.25) is 0 Å². The van der Waals surface area contributed by atoms with Crippen molar-refractivity contribution >= 4 is 21.4 Å². The Balaban J connectivity index is 3.62. The summed E-state index contributed by atoms with van der Waals surface area (Å²) in [7, 11) is -2.31. The molecule has 0 saturated heterocycles. The molecule has 0 spiro atoms. The maximum atomic E-state index is 11.4. The monoisotopic (exact) mass is 302 g/mol. The molecule has 0 amide bonds. The van der Waals surface area contributed by atoms with Crippen LogP contribution in [0.1, 0.15) is 26.3 Å². The van der Waals surface area contributed by atoms with E-state index in [-0.39, 0.29) is 22.5 Å². The van der Waals surface area contributed by atoms with E-state index in [1.165, 1.54) is 13.2 Å². The number of nitrogens with zero attached hydrogens (tertiary/aromatic N) is 1. The molecule has 0 aliphatic heterocycles. The molecule has 0 unspecified atom stereocenters. The van der Waals surface area contributed by atoms with Crippen LogP contribution in [0, 0.1) is 10.1 Å². The summed E-state index contributed by atoms with van der Waals surface area (Å²) in [5, 5.41) is 11.1. The summed E-state index contributed by atoms with van der Waals surface area (Å²) in [6.45, 7) is 5.63. The molecular weight excluding hydrogens is 284 g/mol. The Bertz CT molecular complexity index is 632. The first-order valence-corrected chi connectivity index (χ1v) is 7.69. The van der Waals surface area contributed by atoms with Crippen molar-refractivity contribution in [2.45, 2.75) is 26.2 Å². The van der Waals surface area contributed by atoms with Gasteiger partial charge in [-0.3, -0.25) is 14.8 Å². The summed E-state index contributed by atoms with van der Waals surface area (Å²) < 4.78 is 30.0. The van der Waals surface area contributed by atoms with E-state index in [0.29, 0.717) is 5.56 Å². The van der Waals surface area contributed by atoms with Crippen molar-refractivity contribution in [1.29, 1.82) is 0 Å². The second kappa shape index (κ2) is 5.28. The lowest BCUT2D eigenvalue weighted by molar-refractivity contribution is -0.385. The predicted octanol–water partition coefficient (Wildman–Crippen LogP) is 2.27. The van der Waals surface area contributed by atoms with Crippen LogP contribution < -0.4 is 9.46 Å². The van der Waals surface area contributed by atoms with Gasteiger partial charge < -0.3 is 4.74 Å². The minimum absolute atomic E-state index is 0.0640. The maximum absolute atomic E-state index is 11.4. The number of nitro groups is 1. The first-order valence-electron chi connectivity index (χ1n) is 5.80. The summed E-state index contributed by atoms with van der Waals surface area (Å²) in [6.07, 6.45) is 0.974. The highest BCUT2D eigenvalue weighted by atomic mass is 32.2. The van der Waals surface area contributed by atoms with Crippen LogP contribution in [-0.2, 0) is 15.4 Å². The number of anilines is 1. The Morgan fingerprint density at radius 3 is 2.20 bits per heavy atom. The van der Waals surface area contributed by atoms with Crippen molar-refractivity contribution in [3.8, 4) is 5.75 Å². The van der Waals surface area contributed by atoms with Gasteiger partial charge in [0, 0.05) is 6.07 Å². The van der Waals surface area contributed by atoms with Crippen LogP contribution in [-0.4, -0.2) is 26.7 Å². The van der Waals surface area contributed by atoms with Crippen molar-refractivity contribution < 1.29 is 18.1 Å². The first kappa shape index (κ1) is 16.2. The molecule has 0 aromatic heterocycles. The third kappa shape index (κ3) is 3.83. The molecule has 0 bridgehead atoms. The largest absolute Gasteiger partial charge is 0.489 e. The van der Waals surface area contributed by atoms with Crippen molar-refractivity contribution in [1.82, 2.24) is 0 Å². The predicted molar refractivity (Wildman–Crippen MR) is 76.8 cm³/mol. The van der Waals surface area contributed by atoms with E-state index in [9.17, 15) is 18.5 Å². The number of rotatable bonds is 4. The van der Waals surface area contributed by atoms with Gasteiger partial charge in [-0.25, -0.2) is 8.42 Å². The molecule has 7 nitrogen and oxygen atoms in total. The lowest BCUT2D eigenvalue weighted by atomic mass is 9.86. The summed E-state index contributed by atoms with van der Waals surface area (Å²) in [6, 6.07) is 2.94. The molecule has 0 radical (unpaired) electrons. The third-order valence-corrected chi connectivity index (χ3v) is 3.22. The molecule has 0 atom stereocenters. The molecule has 1 aromatic rings. The zero-order valence-electron chi connectivity index (χ0n) is 12.1. The number of ether oxygens (including phenoxy) is 1. The zero-order chi connectivity index (χ0) is 15.7. The Hall–Kier alpha value is -1.83. The molecular formula is C12H18N2O5S. The van der Waals surface area contributed by atoms with Crippen molar-refractivity contribution in [2.24, 2.45) is 0 Å². The first-order chi connectivity index (χ1) is 8.95. The summed E-state index contributed by atoms with van der Waals surface area (Å²) >= 11 is 0. The fourth-order valence-corrected chi connectivity index (χ4v) is 2.22. The minimum atomic E-state index is -3.57. The fourth-order valence-electron chi connectivity index (χ4n) is 1.67. The lowest BCUT2D eigenvalue weighted by Gasteiger charge is -2.21. The van der Waals surface area contributed by atoms with Gasteiger partial charge in [-0.15, -0.1) is 0 Å². The molecule has 20 heavy (non-hydrogen) atoms. The number of nitrogens with one attached hydrogen (secondary N) is 1. The van der Waals surface area contributed by atoms with E-state index >= 15 is 0 Å². The highest BCUT2D eigenvalue weighted by Gasteiger charge is 2.26. The van der Waals surface area contributed by atoms with E-state index in [0.717, 1.165) is 6.26 Å². The van der Waals surface area contributed by atoms with E-state index in [1.807, 2.05) is 20.8 Å². The number of sulfonamides is 1. The topological polar surface area (TPSA) is 98.5 Å². The number of benzene rings is 1. The van der Waals surface area contributed by atoms with Crippen molar-refractivity contribution in [3.63, 3.8) is 0 Å². The third-order valence-electron chi connectivity index (χ3n) is 2.63. The summed E-state index contributed by atoms with van der Waals surface area (Å²) in [4.78, 5) is 10.5. The highest BCUT2D eigenvalue weighted by Crippen LogP contribution is 2.39. The Morgan fingerprint density at radius 2 is 1.85 bits per heavy atom. The molecule has 0 fully saturated rings. The van der Waals surface area contributed by atoms with E-state index in [1.54, 1.807) is 6.07 Å². The van der Waals surface area contributed by atoms with Gasteiger partial charge in [0.2, 0.25) is 15.8 Å². The van der Waals surface area contributed by atoms with Crippen LogP contribution in [0.4, 0.5) is 11.4 Å². The van der Waals surface area contributed by atoms with E-state index in [2.05, 4.69) is 4.72 Å². The van der Waals surface area contributed by atoms with Gasteiger partial charge in [-0.2, -0.15) is 0 Å². The second-order valence-electron chi connectivity index (χ2n) is 5.46. The Kier molecular flexibility index (Phi) is 4.28. The Labute approximate surface area is 118 Å². The number of methoxy groups -OCH3 is 1. The molecule has 112 valence electrons. The fraction of sp³-hybridized carbons (Fsp3) is 0.500. The average Bonchev–Trinajstić information content (AvgIpc) is 2.24. The summed E-state index contributed by atoms with van der Waals surface area (Å²) in [5.74, 6) is -0.103. The van der Waals surface area contributed by atoms with Gasteiger partial charge >= 0.3 is 5.69 Å². The molecule has 0 saturated carbocycles. The zero-order valence-corrected chi connectivity index (χ0v) is 12.9. The second-order valence-corrected chi connectivity index (χ2v) is 7.21. The van der Waals surface area contributed by atoms with Gasteiger partial charge in [0.25, 0.3) is 0 Å². The van der Waals surface area contributed by atoms with Crippen LogP contribution in [0.15, 0.2) is 12.1 Å². The minimum Gasteiger partial charge on any atom is -0.489 e. The number of hydrogen-bond acceptors (Lipinski definition) is 5. The molecule has 0 aliphatic rings. The maximum Gasteiger partial charge on any atom is 0.313 e. The van der Waals surface area contributed by atoms with E-state index in [4.69, 9.17) is 4.74 Å². The van der Waals surface area contributed by atoms with Gasteiger partial charge in [-0.05, 0) is 17.0 Å². The van der Waals surface area contributed by atoms with E-state index < -0.39 is 14.9 Å². The SMILES string of the molecule is COc1c(NS(C)(=O)=O)cc(C(C)(C)C)cc1[N+](=O)[O-]. The lowest BCUT2D eigenvalue weighted by Crippen LogP contribution is -2.15. The molecule has 8 heteroatoms. The molecule has 0 heterocycles.